The molecule has 0 amide bonds. The smallest absolute Gasteiger partial charge is 0.177 e. The van der Waals surface area contributed by atoms with Gasteiger partial charge in [-0.25, -0.2) is 0 Å². The number of amidine groups is 1. The Balaban J connectivity index is 1.72. The molecule has 22 heavy (non-hydrogen) atoms. The van der Waals surface area contributed by atoms with Crippen molar-refractivity contribution in [2.75, 3.05) is 20.0 Å². The number of hydrazone groups is 1. The molecule has 6 heteroatoms. The molecule has 0 bridgehead atoms. The van der Waals surface area contributed by atoms with Crippen molar-refractivity contribution in [3.8, 4) is 11.5 Å². The molecule has 3 rings (SSSR count). The molecule has 0 aromatic heterocycles. The Morgan fingerprint density at radius 2 is 1.95 bits per heavy atom. The van der Waals surface area contributed by atoms with E-state index in [2.05, 4.69) is 10.5 Å². The van der Waals surface area contributed by atoms with Crippen molar-refractivity contribution < 1.29 is 9.47 Å². The van der Waals surface area contributed by atoms with Gasteiger partial charge in [-0.05, 0) is 31.0 Å². The molecule has 1 aliphatic carbocycles. The second-order valence-corrected chi connectivity index (χ2v) is 6.37. The summed E-state index contributed by atoms with van der Waals surface area (Å²) in [4.78, 5) is 4.74. The highest BCUT2D eigenvalue weighted by atomic mass is 32.2. The predicted molar refractivity (Wildman–Crippen MR) is 91.4 cm³/mol. The summed E-state index contributed by atoms with van der Waals surface area (Å²) in [6.07, 6.45) is 5.01. The summed E-state index contributed by atoms with van der Waals surface area (Å²) in [6, 6.07) is 6.34. The summed E-state index contributed by atoms with van der Waals surface area (Å²) in [7, 11) is 3.28. The molecule has 0 spiro atoms. The second-order valence-electron chi connectivity index (χ2n) is 5.40. The summed E-state index contributed by atoms with van der Waals surface area (Å²) in [5.41, 5.74) is 5.13. The minimum Gasteiger partial charge on any atom is -0.493 e. The highest BCUT2D eigenvalue weighted by molar-refractivity contribution is 8.14. The van der Waals surface area contributed by atoms with E-state index in [9.17, 15) is 0 Å². The Hall–Kier alpha value is -1.69. The number of nitrogens with zero attached hydrogens (tertiary/aromatic N) is 2. The van der Waals surface area contributed by atoms with Crippen LogP contribution in [-0.2, 0) is 0 Å². The van der Waals surface area contributed by atoms with Crippen LogP contribution >= 0.6 is 11.8 Å². The van der Waals surface area contributed by atoms with Gasteiger partial charge in [0.15, 0.2) is 16.7 Å². The van der Waals surface area contributed by atoms with E-state index >= 15 is 0 Å². The van der Waals surface area contributed by atoms with E-state index in [1.54, 1.807) is 26.0 Å². The average Bonchev–Trinajstić information content (AvgIpc) is 3.08. The number of benzene rings is 1. The monoisotopic (exact) mass is 319 g/mol. The first kappa shape index (κ1) is 15.2. The Morgan fingerprint density at radius 1 is 1.18 bits per heavy atom. The lowest BCUT2D eigenvalue weighted by atomic mass is 10.1. The van der Waals surface area contributed by atoms with Crippen LogP contribution in [0.25, 0.3) is 0 Å². The zero-order valence-corrected chi connectivity index (χ0v) is 13.8. The summed E-state index contributed by atoms with van der Waals surface area (Å²) >= 11 is 1.71. The molecule has 1 aliphatic heterocycles. The van der Waals surface area contributed by atoms with Gasteiger partial charge in [0.25, 0.3) is 0 Å². The third kappa shape index (κ3) is 3.38. The van der Waals surface area contributed by atoms with E-state index in [4.69, 9.17) is 14.5 Å². The van der Waals surface area contributed by atoms with Crippen LogP contribution in [-0.4, -0.2) is 36.9 Å². The third-order valence-electron chi connectivity index (χ3n) is 3.97. The Kier molecular flexibility index (Phi) is 4.87. The van der Waals surface area contributed by atoms with Crippen LogP contribution in [0.4, 0.5) is 0 Å². The van der Waals surface area contributed by atoms with E-state index in [0.717, 1.165) is 33.7 Å². The van der Waals surface area contributed by atoms with Gasteiger partial charge in [-0.15, -0.1) is 0 Å². The molecule has 1 aromatic rings. The molecule has 118 valence electrons. The molecule has 0 atom stereocenters. The Labute approximate surface area is 135 Å². The fourth-order valence-corrected chi connectivity index (χ4v) is 3.58. The minimum absolute atomic E-state index is 0.479. The standard InChI is InChI=1S/C16H21N3O2S/c1-20-14-8-7-11(9-15(14)21-2)13-10-22-16(19-18-13)17-12-5-3-4-6-12/h7-9,12H,3-6,10H2,1-2H3,(H,17,19). The van der Waals surface area contributed by atoms with Crippen molar-refractivity contribution in [1.82, 2.24) is 5.43 Å². The normalized spacial score (nSPS) is 20.6. The Morgan fingerprint density at radius 3 is 2.59 bits per heavy atom. The van der Waals surface area contributed by atoms with Crippen LogP contribution in [0.5, 0.6) is 11.5 Å². The lowest BCUT2D eigenvalue weighted by Gasteiger charge is -2.17. The van der Waals surface area contributed by atoms with Crippen molar-refractivity contribution in [2.24, 2.45) is 10.1 Å². The van der Waals surface area contributed by atoms with Crippen LogP contribution in [0, 0.1) is 0 Å². The number of hydrogen-bond donors (Lipinski definition) is 1. The number of hydrogen-bond acceptors (Lipinski definition) is 5. The second kappa shape index (κ2) is 7.05. The van der Waals surface area contributed by atoms with Crippen molar-refractivity contribution in [2.45, 2.75) is 31.7 Å². The van der Waals surface area contributed by atoms with Crippen molar-refractivity contribution in [3.05, 3.63) is 23.8 Å². The molecule has 0 unspecified atom stereocenters. The maximum atomic E-state index is 5.35. The molecular formula is C16H21N3O2S. The molecule has 1 aromatic carbocycles. The van der Waals surface area contributed by atoms with E-state index in [0.29, 0.717) is 6.04 Å². The molecular weight excluding hydrogens is 298 g/mol. The van der Waals surface area contributed by atoms with Crippen LogP contribution in [0.15, 0.2) is 28.3 Å². The van der Waals surface area contributed by atoms with Crippen molar-refractivity contribution in [3.63, 3.8) is 0 Å². The molecule has 1 N–H and O–H groups in total. The van der Waals surface area contributed by atoms with Crippen LogP contribution < -0.4 is 14.9 Å². The van der Waals surface area contributed by atoms with Gasteiger partial charge in [-0.3, -0.25) is 10.4 Å². The molecule has 0 saturated heterocycles. The minimum atomic E-state index is 0.479. The zero-order chi connectivity index (χ0) is 15.4. The lowest BCUT2D eigenvalue weighted by Crippen LogP contribution is -2.26. The Bertz CT molecular complexity index is 595. The number of rotatable bonds is 4. The van der Waals surface area contributed by atoms with Gasteiger partial charge in [-0.1, -0.05) is 24.6 Å². The van der Waals surface area contributed by atoms with Crippen LogP contribution in [0.3, 0.4) is 0 Å². The first-order valence-electron chi connectivity index (χ1n) is 7.55. The number of methoxy groups -OCH3 is 2. The van der Waals surface area contributed by atoms with Crippen LogP contribution in [0.1, 0.15) is 31.2 Å². The number of thioether (sulfide) groups is 1. The van der Waals surface area contributed by atoms with Gasteiger partial charge in [-0.2, -0.15) is 5.10 Å². The van der Waals surface area contributed by atoms with E-state index < -0.39 is 0 Å². The highest BCUT2D eigenvalue weighted by Gasteiger charge is 2.18. The maximum absolute atomic E-state index is 5.35. The van der Waals surface area contributed by atoms with Gasteiger partial charge in [0.1, 0.15) is 0 Å². The molecule has 1 saturated carbocycles. The fraction of sp³-hybridized carbons (Fsp3) is 0.500. The lowest BCUT2D eigenvalue weighted by molar-refractivity contribution is 0.355. The first-order chi connectivity index (χ1) is 10.8. The van der Waals surface area contributed by atoms with E-state index in [1.807, 2.05) is 18.2 Å². The maximum Gasteiger partial charge on any atom is 0.177 e. The first-order valence-corrected chi connectivity index (χ1v) is 8.54. The summed E-state index contributed by atoms with van der Waals surface area (Å²) in [6.45, 7) is 0. The van der Waals surface area contributed by atoms with Gasteiger partial charge in [0.05, 0.1) is 26.0 Å². The molecule has 0 radical (unpaired) electrons. The van der Waals surface area contributed by atoms with E-state index in [1.165, 1.54) is 25.7 Å². The molecule has 2 aliphatic rings. The van der Waals surface area contributed by atoms with Crippen LogP contribution in [0.2, 0.25) is 0 Å². The zero-order valence-electron chi connectivity index (χ0n) is 13.0. The van der Waals surface area contributed by atoms with Gasteiger partial charge in [0.2, 0.25) is 0 Å². The highest BCUT2D eigenvalue weighted by Crippen LogP contribution is 2.29. The third-order valence-corrected chi connectivity index (χ3v) is 4.86. The fourth-order valence-electron chi connectivity index (χ4n) is 2.75. The summed E-state index contributed by atoms with van der Waals surface area (Å²) in [5, 5.41) is 5.41. The number of ether oxygens (including phenoxy) is 2. The van der Waals surface area contributed by atoms with Crippen molar-refractivity contribution in [1.29, 1.82) is 0 Å². The largest absolute Gasteiger partial charge is 0.493 e. The number of nitrogens with one attached hydrogen (secondary N) is 1. The molecule has 5 nitrogen and oxygen atoms in total. The SMILES string of the molecule is COc1ccc(C2=NNC(=NC3CCCC3)SC2)cc1OC. The topological polar surface area (TPSA) is 55.2 Å². The molecule has 1 heterocycles. The number of aliphatic imine (C=N–C) groups is 1. The predicted octanol–water partition coefficient (Wildman–Crippen LogP) is 3.04. The van der Waals surface area contributed by atoms with E-state index in [-0.39, 0.29) is 0 Å². The summed E-state index contributed by atoms with van der Waals surface area (Å²) in [5.74, 6) is 2.26. The van der Waals surface area contributed by atoms with Gasteiger partial charge < -0.3 is 9.47 Å². The quantitative estimate of drug-likeness (QED) is 0.927. The van der Waals surface area contributed by atoms with Gasteiger partial charge >= 0.3 is 0 Å². The van der Waals surface area contributed by atoms with Crippen molar-refractivity contribution >= 4 is 22.6 Å². The summed E-state index contributed by atoms with van der Waals surface area (Å²) < 4.78 is 10.6. The van der Waals surface area contributed by atoms with Gasteiger partial charge in [0, 0.05) is 11.3 Å². The average molecular weight is 319 g/mol. The molecule has 1 fully saturated rings.